The van der Waals surface area contributed by atoms with E-state index in [-0.39, 0.29) is 29.9 Å². The number of nitrogens with zero attached hydrogens (tertiary/aromatic N) is 1. The second-order valence-electron chi connectivity index (χ2n) is 7.64. The fourth-order valence-corrected chi connectivity index (χ4v) is 3.55. The number of amides is 1. The molecule has 25 heavy (non-hydrogen) atoms. The largest absolute Gasteiger partial charge is 0.508 e. The van der Waals surface area contributed by atoms with E-state index in [2.05, 4.69) is 20.8 Å². The summed E-state index contributed by atoms with van der Waals surface area (Å²) >= 11 is 0. The van der Waals surface area contributed by atoms with Crippen molar-refractivity contribution in [1.29, 1.82) is 0 Å². The van der Waals surface area contributed by atoms with Crippen molar-refractivity contribution in [3.8, 4) is 5.75 Å². The molecule has 4 nitrogen and oxygen atoms in total. The summed E-state index contributed by atoms with van der Waals surface area (Å²) in [6.07, 6.45) is 0.430. The van der Waals surface area contributed by atoms with E-state index in [4.69, 9.17) is 4.74 Å². The highest BCUT2D eigenvalue weighted by atomic mass is 16.6. The predicted octanol–water partition coefficient (Wildman–Crippen LogP) is 4.67. The number of ether oxygens (including phenoxy) is 1. The second kappa shape index (κ2) is 6.79. The number of hydrogen-bond acceptors (Lipinski definition) is 3. The van der Waals surface area contributed by atoms with Gasteiger partial charge in [0, 0.05) is 6.54 Å². The summed E-state index contributed by atoms with van der Waals surface area (Å²) in [5, 5.41) is 9.76. The summed E-state index contributed by atoms with van der Waals surface area (Å²) in [6, 6.07) is 15.0. The molecule has 2 aromatic rings. The first kappa shape index (κ1) is 17.3. The van der Waals surface area contributed by atoms with Gasteiger partial charge in [-0.1, -0.05) is 57.2 Å². The molecule has 0 saturated carbocycles. The minimum Gasteiger partial charge on any atom is -0.508 e. The Morgan fingerprint density at radius 2 is 1.92 bits per heavy atom. The number of rotatable bonds is 2. The predicted molar refractivity (Wildman–Crippen MR) is 97.3 cm³/mol. The molecule has 1 aliphatic heterocycles. The molecule has 1 unspecified atom stereocenters. The van der Waals surface area contributed by atoms with Crippen molar-refractivity contribution in [2.24, 2.45) is 5.41 Å². The lowest BCUT2D eigenvalue weighted by Gasteiger charge is -2.43. The van der Waals surface area contributed by atoms with Crippen molar-refractivity contribution in [3.63, 3.8) is 0 Å². The third kappa shape index (κ3) is 3.78. The average molecular weight is 339 g/mol. The van der Waals surface area contributed by atoms with Crippen LogP contribution in [-0.4, -0.2) is 22.6 Å². The Hall–Kier alpha value is -2.49. The van der Waals surface area contributed by atoms with Crippen molar-refractivity contribution < 1.29 is 14.6 Å². The SMILES string of the molecule is CC(C)(C)C1c2ccc(O)cc2CCN1C(=O)OCc1ccccc1. The fraction of sp³-hybridized carbons (Fsp3) is 0.381. The van der Waals surface area contributed by atoms with Crippen LogP contribution in [0.4, 0.5) is 4.79 Å². The molecule has 2 aromatic carbocycles. The lowest BCUT2D eigenvalue weighted by Crippen LogP contribution is -2.45. The van der Waals surface area contributed by atoms with Gasteiger partial charge in [-0.3, -0.25) is 0 Å². The minimum absolute atomic E-state index is 0.0832. The molecule has 0 fully saturated rings. The Bertz CT molecular complexity index is 749. The highest BCUT2D eigenvalue weighted by Crippen LogP contribution is 2.43. The van der Waals surface area contributed by atoms with E-state index in [0.717, 1.165) is 23.1 Å². The Morgan fingerprint density at radius 1 is 1.20 bits per heavy atom. The highest BCUT2D eigenvalue weighted by molar-refractivity contribution is 5.69. The average Bonchev–Trinajstić information content (AvgIpc) is 2.58. The molecular weight excluding hydrogens is 314 g/mol. The van der Waals surface area contributed by atoms with Gasteiger partial charge in [-0.25, -0.2) is 4.79 Å². The van der Waals surface area contributed by atoms with E-state index in [1.54, 1.807) is 12.1 Å². The number of fused-ring (bicyclic) bond motifs is 1. The molecule has 1 atom stereocenters. The van der Waals surface area contributed by atoms with E-state index < -0.39 is 0 Å². The number of phenols is 1. The van der Waals surface area contributed by atoms with Gasteiger partial charge >= 0.3 is 6.09 Å². The quantitative estimate of drug-likeness (QED) is 0.864. The number of phenolic OH excluding ortho intramolecular Hbond substituents is 1. The Kier molecular flexibility index (Phi) is 4.71. The van der Waals surface area contributed by atoms with Gasteiger partial charge in [-0.2, -0.15) is 0 Å². The van der Waals surface area contributed by atoms with Gasteiger partial charge in [0.15, 0.2) is 0 Å². The van der Waals surface area contributed by atoms with Gasteiger partial charge in [0.1, 0.15) is 12.4 Å². The standard InChI is InChI=1S/C21H25NO3/c1-21(2,3)19-18-10-9-17(23)13-16(18)11-12-22(19)20(24)25-14-15-7-5-4-6-8-15/h4-10,13,19,23H,11-12,14H2,1-3H3. The Morgan fingerprint density at radius 3 is 2.60 bits per heavy atom. The summed E-state index contributed by atoms with van der Waals surface area (Å²) in [5.74, 6) is 0.270. The zero-order valence-corrected chi connectivity index (χ0v) is 15.0. The van der Waals surface area contributed by atoms with E-state index >= 15 is 0 Å². The normalized spacial score (nSPS) is 17.1. The Labute approximate surface area is 149 Å². The maximum absolute atomic E-state index is 12.8. The smallest absolute Gasteiger partial charge is 0.410 e. The van der Waals surface area contributed by atoms with Gasteiger partial charge in [0.25, 0.3) is 0 Å². The molecule has 0 aromatic heterocycles. The summed E-state index contributed by atoms with van der Waals surface area (Å²) in [4.78, 5) is 14.6. The molecule has 0 saturated heterocycles. The number of carbonyl (C=O) groups is 1. The maximum Gasteiger partial charge on any atom is 0.410 e. The van der Waals surface area contributed by atoms with Crippen LogP contribution in [0.1, 0.15) is 43.5 Å². The van der Waals surface area contributed by atoms with Crippen molar-refractivity contribution >= 4 is 6.09 Å². The van der Waals surface area contributed by atoms with Crippen LogP contribution >= 0.6 is 0 Å². The minimum atomic E-state index is -0.289. The van der Waals surface area contributed by atoms with Crippen LogP contribution in [-0.2, 0) is 17.8 Å². The molecule has 0 aliphatic carbocycles. The van der Waals surface area contributed by atoms with Crippen molar-refractivity contribution in [1.82, 2.24) is 4.90 Å². The zero-order chi connectivity index (χ0) is 18.0. The third-order valence-electron chi connectivity index (χ3n) is 4.61. The highest BCUT2D eigenvalue weighted by Gasteiger charge is 2.39. The van der Waals surface area contributed by atoms with Gasteiger partial charge in [0.2, 0.25) is 0 Å². The van der Waals surface area contributed by atoms with E-state index in [9.17, 15) is 9.90 Å². The summed E-state index contributed by atoms with van der Waals surface area (Å²) < 4.78 is 5.57. The lowest BCUT2D eigenvalue weighted by atomic mass is 9.77. The molecule has 1 N–H and O–H groups in total. The zero-order valence-electron chi connectivity index (χ0n) is 15.0. The van der Waals surface area contributed by atoms with Crippen molar-refractivity contribution in [2.45, 2.75) is 39.8 Å². The number of carbonyl (C=O) groups excluding carboxylic acids is 1. The fourth-order valence-electron chi connectivity index (χ4n) is 3.55. The molecule has 1 aliphatic rings. The van der Waals surface area contributed by atoms with Gasteiger partial charge in [0.05, 0.1) is 6.04 Å². The number of aromatic hydroxyl groups is 1. The van der Waals surface area contributed by atoms with Crippen LogP contribution in [0.25, 0.3) is 0 Å². The van der Waals surface area contributed by atoms with Gasteiger partial charge < -0.3 is 14.7 Å². The van der Waals surface area contributed by atoms with Crippen molar-refractivity contribution in [2.75, 3.05) is 6.54 Å². The molecule has 1 heterocycles. The van der Waals surface area contributed by atoms with Crippen LogP contribution < -0.4 is 0 Å². The topological polar surface area (TPSA) is 49.8 Å². The first-order valence-electron chi connectivity index (χ1n) is 8.65. The molecule has 132 valence electrons. The monoisotopic (exact) mass is 339 g/mol. The number of benzene rings is 2. The summed E-state index contributed by atoms with van der Waals surface area (Å²) in [6.45, 7) is 7.23. The first-order valence-corrected chi connectivity index (χ1v) is 8.65. The third-order valence-corrected chi connectivity index (χ3v) is 4.61. The number of hydrogen-bond donors (Lipinski definition) is 1. The van der Waals surface area contributed by atoms with Crippen molar-refractivity contribution in [3.05, 3.63) is 65.2 Å². The molecule has 4 heteroatoms. The molecular formula is C21H25NO3. The summed E-state index contributed by atoms with van der Waals surface area (Å²) in [5.41, 5.74) is 3.03. The maximum atomic E-state index is 12.8. The molecule has 1 amide bonds. The van der Waals surface area contributed by atoms with Gasteiger partial charge in [-0.15, -0.1) is 0 Å². The van der Waals surface area contributed by atoms with Crippen LogP contribution in [0.2, 0.25) is 0 Å². The molecule has 3 rings (SSSR count). The van der Waals surface area contributed by atoms with Crippen LogP contribution in [0.3, 0.4) is 0 Å². The van der Waals surface area contributed by atoms with Crippen LogP contribution in [0, 0.1) is 5.41 Å². The second-order valence-corrected chi connectivity index (χ2v) is 7.64. The van der Waals surface area contributed by atoms with E-state index in [0.29, 0.717) is 6.54 Å². The molecule has 0 bridgehead atoms. The van der Waals surface area contributed by atoms with Crippen LogP contribution in [0.15, 0.2) is 48.5 Å². The van der Waals surface area contributed by atoms with Gasteiger partial charge in [-0.05, 0) is 40.7 Å². The molecule has 0 radical (unpaired) electrons. The van der Waals surface area contributed by atoms with E-state index in [1.807, 2.05) is 41.3 Å². The van der Waals surface area contributed by atoms with E-state index in [1.165, 1.54) is 0 Å². The van der Waals surface area contributed by atoms with Crippen LogP contribution in [0.5, 0.6) is 5.75 Å². The summed E-state index contributed by atoms with van der Waals surface area (Å²) in [7, 11) is 0. The molecule has 0 spiro atoms. The Balaban J connectivity index is 1.82. The lowest BCUT2D eigenvalue weighted by molar-refractivity contribution is 0.0469. The first-order chi connectivity index (χ1) is 11.9.